The fourth-order valence-corrected chi connectivity index (χ4v) is 2.14. The van der Waals surface area contributed by atoms with E-state index in [-0.39, 0.29) is 5.75 Å². The molecule has 0 spiro atoms. The van der Waals surface area contributed by atoms with Crippen LogP contribution in [0.25, 0.3) is 22.6 Å². The monoisotopic (exact) mass is 250 g/mol. The molecule has 1 heterocycles. The third-order valence-electron chi connectivity index (χ3n) is 3.09. The lowest BCUT2D eigenvalue weighted by atomic mass is 10.1. The van der Waals surface area contributed by atoms with Crippen LogP contribution in [0.4, 0.5) is 0 Å². The van der Waals surface area contributed by atoms with E-state index < -0.39 is 0 Å². The topological polar surface area (TPSA) is 48.9 Å². The molecular weight excluding hydrogens is 236 g/mol. The first kappa shape index (κ1) is 11.5. The van der Waals surface area contributed by atoms with Crippen LogP contribution in [0.2, 0.25) is 0 Å². The van der Waals surface area contributed by atoms with Gasteiger partial charge in [0.2, 0.25) is 0 Å². The van der Waals surface area contributed by atoms with Gasteiger partial charge in [-0.2, -0.15) is 0 Å². The number of phenolic OH excluding ortho intramolecular Hbond substituents is 1. The molecule has 0 bridgehead atoms. The zero-order valence-electron chi connectivity index (χ0n) is 10.6. The molecule has 0 atom stereocenters. The van der Waals surface area contributed by atoms with Gasteiger partial charge in [0.1, 0.15) is 11.6 Å². The summed E-state index contributed by atoms with van der Waals surface area (Å²) in [7, 11) is 0. The molecule has 0 saturated heterocycles. The van der Waals surface area contributed by atoms with Gasteiger partial charge in [-0.25, -0.2) is 4.98 Å². The number of imidazole rings is 1. The minimum Gasteiger partial charge on any atom is -0.507 e. The molecule has 0 aliphatic heterocycles. The molecule has 0 aliphatic rings. The molecule has 2 N–H and O–H groups in total. The van der Waals surface area contributed by atoms with Crippen LogP contribution in [-0.2, 0) is 0 Å². The Morgan fingerprint density at radius 1 is 0.947 bits per heavy atom. The predicted octanol–water partition coefficient (Wildman–Crippen LogP) is 3.76. The Labute approximate surface area is 111 Å². The molecule has 0 fully saturated rings. The molecule has 2 aromatic carbocycles. The van der Waals surface area contributed by atoms with Crippen molar-refractivity contribution in [3.63, 3.8) is 0 Å². The maximum absolute atomic E-state index is 9.87. The number of H-pyrrole nitrogens is 1. The fraction of sp³-hybridized carbons (Fsp3) is 0.0625. The van der Waals surface area contributed by atoms with Gasteiger partial charge in [-0.3, -0.25) is 0 Å². The van der Waals surface area contributed by atoms with Gasteiger partial charge in [0, 0.05) is 11.3 Å². The maximum atomic E-state index is 9.87. The number of nitrogens with zero attached hydrogens (tertiary/aromatic N) is 1. The van der Waals surface area contributed by atoms with Gasteiger partial charge in [0.15, 0.2) is 0 Å². The van der Waals surface area contributed by atoms with E-state index in [0.29, 0.717) is 11.4 Å². The molecule has 3 rings (SSSR count). The Morgan fingerprint density at radius 2 is 1.63 bits per heavy atom. The van der Waals surface area contributed by atoms with E-state index in [9.17, 15) is 5.11 Å². The second-order valence-corrected chi connectivity index (χ2v) is 4.44. The van der Waals surface area contributed by atoms with E-state index in [4.69, 9.17) is 0 Å². The van der Waals surface area contributed by atoms with Crippen LogP contribution in [0.3, 0.4) is 0 Å². The van der Waals surface area contributed by atoms with Crippen molar-refractivity contribution in [2.24, 2.45) is 0 Å². The van der Waals surface area contributed by atoms with Crippen molar-refractivity contribution in [1.29, 1.82) is 0 Å². The van der Waals surface area contributed by atoms with Gasteiger partial charge in [-0.1, -0.05) is 42.5 Å². The lowest BCUT2D eigenvalue weighted by Crippen LogP contribution is -1.81. The number of hydrogen-bond acceptors (Lipinski definition) is 2. The third-order valence-corrected chi connectivity index (χ3v) is 3.09. The van der Waals surface area contributed by atoms with Crippen molar-refractivity contribution in [3.8, 4) is 28.4 Å². The van der Waals surface area contributed by atoms with Crippen molar-refractivity contribution in [2.45, 2.75) is 6.92 Å². The van der Waals surface area contributed by atoms with Crippen LogP contribution in [0.1, 0.15) is 5.69 Å². The minimum absolute atomic E-state index is 0.232. The standard InChI is InChI=1S/C16H14N2O/c1-11-15(12-7-3-2-4-8-12)18-16(17-11)13-9-5-6-10-14(13)19/h2-10,19H,1H3,(H,17,18). The summed E-state index contributed by atoms with van der Waals surface area (Å²) in [5.74, 6) is 0.922. The number of aryl methyl sites for hydroxylation is 1. The van der Waals surface area contributed by atoms with Gasteiger partial charge in [-0.05, 0) is 19.1 Å². The number of hydrogen-bond donors (Lipinski definition) is 2. The number of aromatic amines is 1. The quantitative estimate of drug-likeness (QED) is 0.727. The van der Waals surface area contributed by atoms with E-state index >= 15 is 0 Å². The van der Waals surface area contributed by atoms with Crippen molar-refractivity contribution < 1.29 is 5.11 Å². The van der Waals surface area contributed by atoms with Crippen LogP contribution in [0.15, 0.2) is 54.6 Å². The Kier molecular flexibility index (Phi) is 2.80. The highest BCUT2D eigenvalue weighted by atomic mass is 16.3. The van der Waals surface area contributed by atoms with E-state index in [1.807, 2.05) is 49.4 Å². The number of aromatic hydroxyl groups is 1. The smallest absolute Gasteiger partial charge is 0.142 e. The minimum atomic E-state index is 0.232. The SMILES string of the molecule is Cc1[nH]c(-c2ccccc2O)nc1-c1ccccc1. The zero-order chi connectivity index (χ0) is 13.2. The van der Waals surface area contributed by atoms with E-state index in [1.54, 1.807) is 12.1 Å². The van der Waals surface area contributed by atoms with Crippen LogP contribution in [0.5, 0.6) is 5.75 Å². The number of rotatable bonds is 2. The summed E-state index contributed by atoms with van der Waals surface area (Å²) < 4.78 is 0. The van der Waals surface area contributed by atoms with Gasteiger partial charge < -0.3 is 10.1 Å². The molecule has 94 valence electrons. The molecule has 3 aromatic rings. The van der Waals surface area contributed by atoms with Crippen molar-refractivity contribution in [3.05, 3.63) is 60.3 Å². The highest BCUT2D eigenvalue weighted by molar-refractivity contribution is 5.70. The van der Waals surface area contributed by atoms with Crippen LogP contribution in [0, 0.1) is 6.92 Å². The van der Waals surface area contributed by atoms with Gasteiger partial charge >= 0.3 is 0 Å². The number of nitrogens with one attached hydrogen (secondary N) is 1. The van der Waals surface area contributed by atoms with Gasteiger partial charge in [-0.15, -0.1) is 0 Å². The van der Waals surface area contributed by atoms with Crippen molar-refractivity contribution in [2.75, 3.05) is 0 Å². The lowest BCUT2D eigenvalue weighted by Gasteiger charge is -1.99. The molecule has 1 aromatic heterocycles. The summed E-state index contributed by atoms with van der Waals surface area (Å²) in [6.45, 7) is 1.98. The third kappa shape index (κ3) is 2.10. The predicted molar refractivity (Wildman–Crippen MR) is 75.9 cm³/mol. The molecule has 3 heteroatoms. The number of aromatic nitrogens is 2. The van der Waals surface area contributed by atoms with Gasteiger partial charge in [0.05, 0.1) is 11.3 Å². The lowest BCUT2D eigenvalue weighted by molar-refractivity contribution is 0.477. The zero-order valence-corrected chi connectivity index (χ0v) is 10.6. The highest BCUT2D eigenvalue weighted by Crippen LogP contribution is 2.30. The Bertz CT molecular complexity index is 702. The largest absolute Gasteiger partial charge is 0.507 e. The van der Waals surface area contributed by atoms with Crippen molar-refractivity contribution >= 4 is 0 Å². The molecule has 0 unspecified atom stereocenters. The summed E-state index contributed by atoms with van der Waals surface area (Å²) in [6.07, 6.45) is 0. The first-order valence-corrected chi connectivity index (χ1v) is 6.16. The van der Waals surface area contributed by atoms with Crippen LogP contribution in [-0.4, -0.2) is 15.1 Å². The molecule has 0 amide bonds. The first-order valence-electron chi connectivity index (χ1n) is 6.16. The summed E-state index contributed by atoms with van der Waals surface area (Å²) in [5, 5.41) is 9.87. The molecule has 19 heavy (non-hydrogen) atoms. The van der Waals surface area contributed by atoms with E-state index in [2.05, 4.69) is 9.97 Å². The Balaban J connectivity index is 2.10. The fourth-order valence-electron chi connectivity index (χ4n) is 2.14. The van der Waals surface area contributed by atoms with Crippen molar-refractivity contribution in [1.82, 2.24) is 9.97 Å². The summed E-state index contributed by atoms with van der Waals surface area (Å²) in [6, 6.07) is 17.2. The summed E-state index contributed by atoms with van der Waals surface area (Å²) >= 11 is 0. The molecule has 0 saturated carbocycles. The Hall–Kier alpha value is -2.55. The van der Waals surface area contributed by atoms with Gasteiger partial charge in [0.25, 0.3) is 0 Å². The normalized spacial score (nSPS) is 10.6. The summed E-state index contributed by atoms with van der Waals surface area (Å²) in [5.41, 5.74) is 3.69. The highest BCUT2D eigenvalue weighted by Gasteiger charge is 2.12. The molecular formula is C16H14N2O. The average Bonchev–Trinajstić information content (AvgIpc) is 2.82. The summed E-state index contributed by atoms with van der Waals surface area (Å²) in [4.78, 5) is 7.82. The average molecular weight is 250 g/mol. The maximum Gasteiger partial charge on any atom is 0.142 e. The number of para-hydroxylation sites is 1. The second-order valence-electron chi connectivity index (χ2n) is 4.44. The molecule has 0 aliphatic carbocycles. The first-order chi connectivity index (χ1) is 9.25. The number of phenols is 1. The second kappa shape index (κ2) is 4.61. The Morgan fingerprint density at radius 3 is 2.37 bits per heavy atom. The molecule has 3 nitrogen and oxygen atoms in total. The van der Waals surface area contributed by atoms with E-state index in [0.717, 1.165) is 17.0 Å². The molecule has 0 radical (unpaired) electrons. The van der Waals surface area contributed by atoms with Crippen LogP contribution >= 0.6 is 0 Å². The number of benzene rings is 2. The van der Waals surface area contributed by atoms with E-state index in [1.165, 1.54) is 0 Å². The van der Waals surface area contributed by atoms with Crippen LogP contribution < -0.4 is 0 Å².